The predicted molar refractivity (Wildman–Crippen MR) is 103 cm³/mol. The molecule has 2 aliphatic heterocycles. The highest BCUT2D eigenvalue weighted by molar-refractivity contribution is 8.00. The first-order valence-electron chi connectivity index (χ1n) is 8.14. The average Bonchev–Trinajstić information content (AvgIpc) is 2.87. The topological polar surface area (TPSA) is 42.0 Å². The third kappa shape index (κ3) is 3.10. The number of alkyl halides is 1. The summed E-state index contributed by atoms with van der Waals surface area (Å²) in [6.45, 7) is 6.51. The number of amides is 2. The first kappa shape index (κ1) is 19.8. The molecule has 0 saturated carbocycles. The third-order valence-electron chi connectivity index (χ3n) is 5.19. The SMILES string of the molecule is CC1(C)OB(c2ccc(N3CC(S)(S)N(CF)C3=O)cc2F)OC1(C)C. The normalized spacial score (nSPS) is 23.8. The van der Waals surface area contributed by atoms with Gasteiger partial charge in [-0.25, -0.2) is 13.6 Å². The van der Waals surface area contributed by atoms with Crippen molar-refractivity contribution in [1.82, 2.24) is 4.90 Å². The Morgan fingerprint density at radius 3 is 2.23 bits per heavy atom. The van der Waals surface area contributed by atoms with E-state index in [0.29, 0.717) is 0 Å². The number of halogens is 2. The van der Waals surface area contributed by atoms with Gasteiger partial charge in [0.05, 0.1) is 17.7 Å². The van der Waals surface area contributed by atoms with Crippen LogP contribution < -0.4 is 10.4 Å². The lowest BCUT2D eigenvalue weighted by molar-refractivity contribution is 0.00578. The molecule has 0 bridgehead atoms. The Balaban J connectivity index is 1.87. The molecule has 142 valence electrons. The molecule has 2 heterocycles. The molecule has 0 aromatic heterocycles. The standard InChI is InChI=1S/C16H21BF2N2O3S2/c1-14(2)15(3,4)24-17(23-14)11-6-5-10(7-12(11)19)20-8-16(25,26)21(9-18)13(20)22/h5-7,25-26H,8-9H2,1-4H3. The van der Waals surface area contributed by atoms with Gasteiger partial charge in [-0.3, -0.25) is 9.80 Å². The van der Waals surface area contributed by atoms with Crippen LogP contribution in [0.1, 0.15) is 27.7 Å². The van der Waals surface area contributed by atoms with Crippen LogP contribution >= 0.6 is 25.3 Å². The zero-order chi connectivity index (χ0) is 19.5. The maximum absolute atomic E-state index is 14.7. The molecule has 0 atom stereocenters. The number of urea groups is 1. The van der Waals surface area contributed by atoms with Crippen molar-refractivity contribution in [3.05, 3.63) is 24.0 Å². The van der Waals surface area contributed by atoms with Gasteiger partial charge >= 0.3 is 13.1 Å². The molecular formula is C16H21BF2N2O3S2. The van der Waals surface area contributed by atoms with E-state index in [-0.39, 0.29) is 17.7 Å². The Kier molecular flexibility index (Phi) is 4.79. The molecular weight excluding hydrogens is 381 g/mol. The monoisotopic (exact) mass is 402 g/mol. The zero-order valence-corrected chi connectivity index (χ0v) is 16.8. The van der Waals surface area contributed by atoms with Gasteiger partial charge in [-0.05, 0) is 39.8 Å². The minimum Gasteiger partial charge on any atom is -0.399 e. The summed E-state index contributed by atoms with van der Waals surface area (Å²) >= 11 is 8.40. The van der Waals surface area contributed by atoms with Gasteiger partial charge in [0.25, 0.3) is 0 Å². The van der Waals surface area contributed by atoms with Crippen molar-refractivity contribution in [2.75, 3.05) is 18.2 Å². The van der Waals surface area contributed by atoms with E-state index < -0.39 is 41.2 Å². The molecule has 0 spiro atoms. The predicted octanol–water partition coefficient (Wildman–Crippen LogP) is 2.81. The van der Waals surface area contributed by atoms with Crippen molar-refractivity contribution in [1.29, 1.82) is 0 Å². The van der Waals surface area contributed by atoms with E-state index in [1.54, 1.807) is 6.07 Å². The summed E-state index contributed by atoms with van der Waals surface area (Å²) in [7, 11) is -0.848. The molecule has 5 nitrogen and oxygen atoms in total. The van der Waals surface area contributed by atoms with Gasteiger partial charge in [0.1, 0.15) is 5.82 Å². The Bertz CT molecular complexity index is 732. The van der Waals surface area contributed by atoms with E-state index >= 15 is 0 Å². The molecule has 10 heteroatoms. The molecule has 2 fully saturated rings. The van der Waals surface area contributed by atoms with E-state index in [9.17, 15) is 13.6 Å². The summed E-state index contributed by atoms with van der Waals surface area (Å²) in [5.74, 6) is -0.573. The fourth-order valence-corrected chi connectivity index (χ4v) is 3.42. The maximum atomic E-state index is 14.7. The van der Waals surface area contributed by atoms with Gasteiger partial charge in [-0.15, -0.1) is 25.3 Å². The number of nitrogens with zero attached hydrogens (tertiary/aromatic N) is 2. The summed E-state index contributed by atoms with van der Waals surface area (Å²) in [5.41, 5.74) is -0.652. The second kappa shape index (κ2) is 6.29. The smallest absolute Gasteiger partial charge is 0.399 e. The summed E-state index contributed by atoms with van der Waals surface area (Å²) in [5, 5.41) is 0. The molecule has 2 saturated heterocycles. The van der Waals surface area contributed by atoms with Gasteiger partial charge in [0, 0.05) is 11.2 Å². The van der Waals surface area contributed by atoms with Crippen LogP contribution in [-0.2, 0) is 9.31 Å². The summed E-state index contributed by atoms with van der Waals surface area (Å²) in [4.78, 5) is 14.4. The van der Waals surface area contributed by atoms with Crippen molar-refractivity contribution >= 4 is 49.6 Å². The van der Waals surface area contributed by atoms with E-state index in [0.717, 1.165) is 4.90 Å². The molecule has 0 unspecified atom stereocenters. The average molecular weight is 402 g/mol. The molecule has 1 aromatic carbocycles. The highest BCUT2D eigenvalue weighted by Gasteiger charge is 2.52. The lowest BCUT2D eigenvalue weighted by atomic mass is 9.78. The van der Waals surface area contributed by atoms with Crippen molar-refractivity contribution in [2.45, 2.75) is 43.1 Å². The van der Waals surface area contributed by atoms with Gasteiger partial charge in [0.15, 0.2) is 11.0 Å². The van der Waals surface area contributed by atoms with Crippen LogP contribution in [0.3, 0.4) is 0 Å². The number of thiol groups is 2. The second-order valence-electron chi connectivity index (χ2n) is 7.48. The minimum absolute atomic E-state index is 0.0112. The molecule has 2 aliphatic rings. The Morgan fingerprint density at radius 2 is 1.77 bits per heavy atom. The summed E-state index contributed by atoms with van der Waals surface area (Å²) in [6.07, 6.45) is 0. The molecule has 1 aromatic rings. The van der Waals surface area contributed by atoms with Crippen molar-refractivity contribution < 1.29 is 22.9 Å². The molecule has 2 amide bonds. The van der Waals surface area contributed by atoms with Gasteiger partial charge < -0.3 is 9.31 Å². The highest BCUT2D eigenvalue weighted by Crippen LogP contribution is 2.38. The maximum Gasteiger partial charge on any atom is 0.497 e. The first-order valence-corrected chi connectivity index (χ1v) is 9.04. The number of rotatable bonds is 3. The number of benzene rings is 1. The minimum atomic E-state index is -1.27. The number of hydrogen-bond acceptors (Lipinski definition) is 5. The number of carbonyl (C=O) groups excluding carboxylic acids is 1. The van der Waals surface area contributed by atoms with E-state index in [1.807, 2.05) is 27.7 Å². The zero-order valence-electron chi connectivity index (χ0n) is 15.0. The van der Waals surface area contributed by atoms with Gasteiger partial charge in [-0.2, -0.15) is 0 Å². The summed E-state index contributed by atoms with van der Waals surface area (Å²) < 4.78 is 38.3. The van der Waals surface area contributed by atoms with Gasteiger partial charge in [0.2, 0.25) is 0 Å². The number of anilines is 1. The second-order valence-corrected chi connectivity index (χ2v) is 9.32. The van der Waals surface area contributed by atoms with Crippen molar-refractivity contribution in [2.24, 2.45) is 0 Å². The van der Waals surface area contributed by atoms with Crippen LogP contribution in [0.4, 0.5) is 19.3 Å². The Hall–Kier alpha value is -0.965. The highest BCUT2D eigenvalue weighted by atomic mass is 32.2. The van der Waals surface area contributed by atoms with E-state index in [4.69, 9.17) is 9.31 Å². The van der Waals surface area contributed by atoms with Crippen molar-refractivity contribution in [3.63, 3.8) is 0 Å². The third-order valence-corrected chi connectivity index (χ3v) is 5.95. The van der Waals surface area contributed by atoms with Crippen LogP contribution in [0.2, 0.25) is 0 Å². The Labute approximate surface area is 163 Å². The molecule has 26 heavy (non-hydrogen) atoms. The largest absolute Gasteiger partial charge is 0.497 e. The quantitative estimate of drug-likeness (QED) is 0.354. The van der Waals surface area contributed by atoms with Crippen LogP contribution in [0, 0.1) is 5.82 Å². The molecule has 0 aliphatic carbocycles. The first-order chi connectivity index (χ1) is 11.9. The number of carbonyl (C=O) groups is 1. The van der Waals surface area contributed by atoms with Crippen LogP contribution in [-0.4, -0.2) is 46.8 Å². The summed E-state index contributed by atoms with van der Waals surface area (Å²) in [6, 6.07) is 3.66. The molecule has 0 N–H and O–H groups in total. The Morgan fingerprint density at radius 1 is 1.19 bits per heavy atom. The lowest BCUT2D eigenvalue weighted by Gasteiger charge is -2.32. The van der Waals surface area contributed by atoms with Gasteiger partial charge in [-0.1, -0.05) is 6.07 Å². The molecule has 3 rings (SSSR count). The molecule has 0 radical (unpaired) electrons. The van der Waals surface area contributed by atoms with Crippen LogP contribution in [0.25, 0.3) is 0 Å². The number of hydrogen-bond donors (Lipinski definition) is 2. The fraction of sp³-hybridized carbons (Fsp3) is 0.562. The lowest BCUT2D eigenvalue weighted by Crippen LogP contribution is -2.41. The van der Waals surface area contributed by atoms with E-state index in [1.165, 1.54) is 17.0 Å². The fourth-order valence-electron chi connectivity index (χ4n) is 2.86. The van der Waals surface area contributed by atoms with Crippen molar-refractivity contribution in [3.8, 4) is 0 Å². The van der Waals surface area contributed by atoms with E-state index in [2.05, 4.69) is 25.3 Å². The van der Waals surface area contributed by atoms with Crippen LogP contribution in [0.5, 0.6) is 0 Å². The van der Waals surface area contributed by atoms with Crippen LogP contribution in [0.15, 0.2) is 18.2 Å².